The average Bonchev–Trinajstić information content (AvgIpc) is 3.36. The Morgan fingerprint density at radius 3 is 2.52 bits per heavy atom. The van der Waals surface area contributed by atoms with Crippen LogP contribution in [0.3, 0.4) is 0 Å². The number of carbonyl (C=O) groups excluding carboxylic acids is 2. The second-order valence-electron chi connectivity index (χ2n) is 9.96. The first-order chi connectivity index (χ1) is 21.4. The number of aliphatic imine (C=N–C) groups is 1. The summed E-state index contributed by atoms with van der Waals surface area (Å²) in [5, 5.41) is 14.2. The minimum absolute atomic E-state index is 0.0385. The van der Waals surface area contributed by atoms with Crippen molar-refractivity contribution < 1.29 is 19.4 Å². The third-order valence-electron chi connectivity index (χ3n) is 7.14. The number of ketones is 1. The van der Waals surface area contributed by atoms with Gasteiger partial charge >= 0.3 is 0 Å². The summed E-state index contributed by atoms with van der Waals surface area (Å²) >= 11 is 1.31. The average molecular weight is 611 g/mol. The van der Waals surface area contributed by atoms with Crippen LogP contribution in [-0.4, -0.2) is 65.4 Å². The Balaban J connectivity index is 1.43. The van der Waals surface area contributed by atoms with Crippen molar-refractivity contribution in [3.05, 3.63) is 107 Å². The topological polar surface area (TPSA) is 107 Å². The number of allylic oxidation sites excluding steroid dienone is 2. The highest BCUT2D eigenvalue weighted by Crippen LogP contribution is 2.29. The highest BCUT2D eigenvalue weighted by molar-refractivity contribution is 8.03. The molecule has 3 N–H and O–H groups in total. The molecule has 44 heavy (non-hydrogen) atoms. The molecular formula is C35H38N4O4S. The highest BCUT2D eigenvalue weighted by Gasteiger charge is 2.15. The zero-order valence-electron chi connectivity index (χ0n) is 25.3. The van der Waals surface area contributed by atoms with Crippen molar-refractivity contribution >= 4 is 51.9 Å². The number of nitrogens with one attached hydrogen (secondary N) is 2. The van der Waals surface area contributed by atoms with Crippen molar-refractivity contribution in [2.45, 2.75) is 20.3 Å². The van der Waals surface area contributed by atoms with Crippen molar-refractivity contribution in [2.75, 3.05) is 37.8 Å². The van der Waals surface area contributed by atoms with Gasteiger partial charge in [-0.1, -0.05) is 50.8 Å². The number of H-pyrrole nitrogens is 1. The van der Waals surface area contributed by atoms with Crippen molar-refractivity contribution in [3.63, 3.8) is 0 Å². The fourth-order valence-electron chi connectivity index (χ4n) is 4.70. The summed E-state index contributed by atoms with van der Waals surface area (Å²) < 4.78 is 5.86. The first kappa shape index (κ1) is 32.3. The molecule has 0 aliphatic rings. The van der Waals surface area contributed by atoms with Crippen LogP contribution in [0.1, 0.15) is 41.8 Å². The first-order valence-corrected chi connectivity index (χ1v) is 15.8. The Hall–Kier alpha value is -4.60. The molecule has 4 rings (SSSR count). The van der Waals surface area contributed by atoms with Crippen LogP contribution in [0.2, 0.25) is 0 Å². The van der Waals surface area contributed by atoms with Gasteiger partial charge in [-0.2, -0.15) is 0 Å². The molecule has 1 aromatic heterocycles. The molecule has 0 atom stereocenters. The number of aromatic hydroxyl groups is 1. The van der Waals surface area contributed by atoms with Gasteiger partial charge in [-0.25, -0.2) is 0 Å². The van der Waals surface area contributed by atoms with Crippen LogP contribution < -0.4 is 10.1 Å². The number of rotatable bonds is 15. The molecule has 228 valence electrons. The van der Waals surface area contributed by atoms with E-state index < -0.39 is 0 Å². The smallest absolute Gasteiger partial charge is 0.262 e. The number of hydrogen-bond acceptors (Lipinski definition) is 7. The van der Waals surface area contributed by atoms with E-state index in [1.807, 2.05) is 30.5 Å². The second kappa shape index (κ2) is 15.7. The quantitative estimate of drug-likeness (QED) is 0.0428. The van der Waals surface area contributed by atoms with E-state index in [0.29, 0.717) is 39.4 Å². The third kappa shape index (κ3) is 8.27. The zero-order chi connectivity index (χ0) is 31.5. The number of fused-ring (bicyclic) bond motifs is 1. The maximum Gasteiger partial charge on any atom is 0.262 e. The van der Waals surface area contributed by atoms with Gasteiger partial charge in [-0.05, 0) is 74.3 Å². The molecule has 8 nitrogen and oxygen atoms in total. The number of carbonyl (C=O) groups is 2. The molecule has 0 aliphatic carbocycles. The Bertz CT molecular complexity index is 1670. The summed E-state index contributed by atoms with van der Waals surface area (Å²) in [6.07, 6.45) is 7.57. The van der Waals surface area contributed by atoms with Gasteiger partial charge in [-0.15, -0.1) is 11.8 Å². The van der Waals surface area contributed by atoms with Gasteiger partial charge < -0.3 is 25.0 Å². The minimum Gasteiger partial charge on any atom is -0.494 e. The number of aromatic nitrogens is 1. The Morgan fingerprint density at radius 2 is 1.82 bits per heavy atom. The van der Waals surface area contributed by atoms with E-state index in [9.17, 15) is 14.7 Å². The van der Waals surface area contributed by atoms with E-state index in [4.69, 9.17) is 4.74 Å². The molecule has 4 aromatic rings. The van der Waals surface area contributed by atoms with E-state index in [2.05, 4.69) is 40.6 Å². The maximum atomic E-state index is 13.3. The van der Waals surface area contributed by atoms with Crippen LogP contribution in [0.5, 0.6) is 11.6 Å². The van der Waals surface area contributed by atoms with Crippen molar-refractivity contribution in [3.8, 4) is 11.6 Å². The number of amides is 1. The fraction of sp³-hybridized carbons (Fsp3) is 0.229. The SMILES string of the molecule is C=CC=C(SC)C(=O)Nc1cccc(C(=O)c2ccc3c(C=Nc4ccc(OCCCN(CC)CC)cc4)c(O)[nH]c3c2)c1. The summed E-state index contributed by atoms with van der Waals surface area (Å²) in [6.45, 7) is 11.7. The van der Waals surface area contributed by atoms with Crippen LogP contribution in [0, 0.1) is 0 Å². The molecular weight excluding hydrogens is 572 g/mol. The normalized spacial score (nSPS) is 11.8. The number of benzene rings is 3. The summed E-state index contributed by atoms with van der Waals surface area (Å²) in [6, 6.07) is 19.5. The molecule has 0 bridgehead atoms. The van der Waals surface area contributed by atoms with Crippen LogP contribution in [0.15, 0.2) is 95.4 Å². The number of hydrogen-bond donors (Lipinski definition) is 3. The van der Waals surface area contributed by atoms with E-state index >= 15 is 0 Å². The second-order valence-corrected chi connectivity index (χ2v) is 10.8. The van der Waals surface area contributed by atoms with Gasteiger partial charge in [0.25, 0.3) is 5.91 Å². The maximum absolute atomic E-state index is 13.3. The van der Waals surface area contributed by atoms with Crippen LogP contribution in [0.4, 0.5) is 11.4 Å². The lowest BCUT2D eigenvalue weighted by Crippen LogP contribution is -2.25. The number of nitrogens with zero attached hydrogens (tertiary/aromatic N) is 2. The monoisotopic (exact) mass is 610 g/mol. The van der Waals surface area contributed by atoms with E-state index in [1.165, 1.54) is 11.8 Å². The van der Waals surface area contributed by atoms with Crippen LogP contribution >= 0.6 is 11.8 Å². The summed E-state index contributed by atoms with van der Waals surface area (Å²) in [7, 11) is 0. The summed E-state index contributed by atoms with van der Waals surface area (Å²) in [4.78, 5) is 36.2. The molecule has 1 amide bonds. The van der Waals surface area contributed by atoms with Crippen LogP contribution in [0.25, 0.3) is 10.9 Å². The number of thioether (sulfide) groups is 1. The first-order valence-electron chi connectivity index (χ1n) is 14.5. The largest absolute Gasteiger partial charge is 0.494 e. The molecule has 0 saturated heterocycles. The fourth-order valence-corrected chi connectivity index (χ4v) is 5.17. The lowest BCUT2D eigenvalue weighted by molar-refractivity contribution is -0.112. The van der Waals surface area contributed by atoms with Gasteiger partial charge in [0.1, 0.15) is 5.75 Å². The molecule has 9 heteroatoms. The van der Waals surface area contributed by atoms with Gasteiger partial charge in [-0.3, -0.25) is 14.6 Å². The molecule has 3 aromatic carbocycles. The highest BCUT2D eigenvalue weighted by atomic mass is 32.2. The summed E-state index contributed by atoms with van der Waals surface area (Å²) in [5.74, 6) is 0.265. The summed E-state index contributed by atoms with van der Waals surface area (Å²) in [5.41, 5.74) is 3.23. The predicted molar refractivity (Wildman–Crippen MR) is 182 cm³/mol. The molecule has 0 unspecified atom stereocenters. The minimum atomic E-state index is -0.273. The zero-order valence-corrected chi connectivity index (χ0v) is 26.1. The van der Waals surface area contributed by atoms with Gasteiger partial charge in [0.05, 0.1) is 22.8 Å². The third-order valence-corrected chi connectivity index (χ3v) is 7.90. The van der Waals surface area contributed by atoms with Gasteiger partial charge in [0, 0.05) is 40.5 Å². The molecule has 0 radical (unpaired) electrons. The Kier molecular flexibility index (Phi) is 11.6. The molecule has 0 fully saturated rings. The Morgan fingerprint density at radius 1 is 1.07 bits per heavy atom. The number of ether oxygens (including phenoxy) is 1. The van der Waals surface area contributed by atoms with Crippen LogP contribution in [-0.2, 0) is 4.79 Å². The van der Waals surface area contributed by atoms with Gasteiger partial charge in [0.2, 0.25) is 0 Å². The van der Waals surface area contributed by atoms with E-state index in [-0.39, 0.29) is 17.6 Å². The number of anilines is 1. The van der Waals surface area contributed by atoms with Crippen molar-refractivity contribution in [1.29, 1.82) is 0 Å². The van der Waals surface area contributed by atoms with E-state index in [1.54, 1.807) is 60.8 Å². The molecule has 0 saturated carbocycles. The number of aromatic amines is 1. The predicted octanol–water partition coefficient (Wildman–Crippen LogP) is 7.34. The Labute approximate surface area is 262 Å². The molecule has 1 heterocycles. The lowest BCUT2D eigenvalue weighted by Gasteiger charge is -2.17. The van der Waals surface area contributed by atoms with Gasteiger partial charge in [0.15, 0.2) is 11.7 Å². The van der Waals surface area contributed by atoms with Crippen molar-refractivity contribution in [2.24, 2.45) is 4.99 Å². The standard InChI is InChI=1S/C35H38N4O4S/c1-5-10-32(44-4)35(42)37-27-12-8-11-24(21-27)33(40)25-13-18-29-30(34(41)38-31(29)22-25)23-36-26-14-16-28(17-15-26)43-20-9-19-39(6-2)7-3/h5,8,10-18,21-23,38,41H,1,6-7,9,19-20H2,2-4H3,(H,37,42). The van der Waals surface area contributed by atoms with E-state index in [0.717, 1.165) is 42.9 Å². The molecule has 0 spiro atoms. The lowest BCUT2D eigenvalue weighted by atomic mass is 10.0. The molecule has 0 aliphatic heterocycles. The van der Waals surface area contributed by atoms with Crippen molar-refractivity contribution in [1.82, 2.24) is 9.88 Å².